The Kier molecular flexibility index (Phi) is 9.57. The van der Waals surface area contributed by atoms with Crippen molar-refractivity contribution in [3.05, 3.63) is 0 Å². The van der Waals surface area contributed by atoms with Gasteiger partial charge in [-0.1, -0.05) is 0 Å². The second-order valence-electron chi connectivity index (χ2n) is 4.25. The molecule has 0 aromatic rings. The molecule has 0 unspecified atom stereocenters. The molecule has 0 spiro atoms. The van der Waals surface area contributed by atoms with E-state index >= 15 is 0 Å². The van der Waals surface area contributed by atoms with Gasteiger partial charge in [0.25, 0.3) is 0 Å². The monoisotopic (exact) mass is 250 g/mol. The fourth-order valence-electron chi connectivity index (χ4n) is 0.860. The van der Waals surface area contributed by atoms with Crippen LogP contribution in [0.4, 0.5) is 0 Å². The lowest BCUT2D eigenvalue weighted by Gasteiger charge is -2.24. The van der Waals surface area contributed by atoms with Crippen LogP contribution in [0.15, 0.2) is 0 Å². The van der Waals surface area contributed by atoms with E-state index in [0.29, 0.717) is 26.4 Å². The van der Waals surface area contributed by atoms with Crippen molar-refractivity contribution < 1.29 is 20.8 Å². The Labute approximate surface area is 103 Å². The van der Waals surface area contributed by atoms with Crippen LogP contribution in [0.25, 0.3) is 0 Å². The molecule has 0 aliphatic rings. The summed E-state index contributed by atoms with van der Waals surface area (Å²) >= 11 is -2.08. The molecule has 0 rings (SSSR count). The largest absolute Gasteiger partial charge is 0.906 e. The van der Waals surface area contributed by atoms with Crippen molar-refractivity contribution in [3.63, 3.8) is 0 Å². The van der Waals surface area contributed by atoms with Crippen molar-refractivity contribution in [2.75, 3.05) is 40.6 Å². The Hall–Kier alpha value is 0.332. The molecule has 0 aliphatic carbocycles. The maximum absolute atomic E-state index is 5.71. The quantitative estimate of drug-likeness (QED) is 0.453. The molecule has 5 nitrogen and oxygen atoms in total. The van der Waals surface area contributed by atoms with E-state index < -0.39 is 15.1 Å². The van der Waals surface area contributed by atoms with Gasteiger partial charge < -0.3 is 20.8 Å². The minimum absolute atomic E-state index is 0.253. The van der Waals surface area contributed by atoms with E-state index in [1.54, 1.807) is 14.2 Å². The van der Waals surface area contributed by atoms with Crippen LogP contribution >= 0.6 is 0 Å². The third kappa shape index (κ3) is 10.8. The van der Waals surface area contributed by atoms with Gasteiger partial charge in [0.05, 0.1) is 13.2 Å². The summed E-state index contributed by atoms with van der Waals surface area (Å²) < 4.78 is 26.6. The maximum Gasteiger partial charge on any atom is 0.906 e. The van der Waals surface area contributed by atoms with Crippen molar-refractivity contribution in [2.24, 2.45) is 0 Å². The number of methoxy groups -OCH3 is 2. The standard InChI is InChI=1S/C4H9O.2C3H7O2.Al/c1-4(2,3)5;2*1-5-3-2-4;/h1-3H3;2*2-3H2,1H3;/q3*-1;+3. The van der Waals surface area contributed by atoms with Crippen LogP contribution in [-0.4, -0.2) is 61.4 Å². The Morgan fingerprint density at radius 2 is 1.25 bits per heavy atom. The summed E-state index contributed by atoms with van der Waals surface area (Å²) in [4.78, 5) is 0. The zero-order valence-corrected chi connectivity index (χ0v) is 12.1. The number of hydrogen-bond donors (Lipinski definition) is 0. The molecule has 0 fully saturated rings. The topological polar surface area (TPSA) is 46.2 Å². The van der Waals surface area contributed by atoms with E-state index in [1.165, 1.54) is 0 Å². The van der Waals surface area contributed by atoms with Crippen LogP contribution in [0.3, 0.4) is 0 Å². The summed E-state index contributed by atoms with van der Waals surface area (Å²) in [7, 11) is 3.27. The molecule has 0 N–H and O–H groups in total. The summed E-state index contributed by atoms with van der Waals surface area (Å²) in [5.41, 5.74) is -0.253. The molecule has 0 saturated heterocycles. The van der Waals surface area contributed by atoms with Crippen LogP contribution in [0.5, 0.6) is 0 Å². The fraction of sp³-hybridized carbons (Fsp3) is 1.00. The molecular formula is C10H23AlO5. The summed E-state index contributed by atoms with van der Waals surface area (Å²) in [5.74, 6) is 0. The van der Waals surface area contributed by atoms with Gasteiger partial charge in [-0.05, 0) is 20.8 Å². The van der Waals surface area contributed by atoms with Gasteiger partial charge in [-0.25, -0.2) is 0 Å². The van der Waals surface area contributed by atoms with Gasteiger partial charge >= 0.3 is 15.1 Å². The molecule has 0 aromatic heterocycles. The summed E-state index contributed by atoms with van der Waals surface area (Å²) in [6.45, 7) is 8.02. The first kappa shape index (κ1) is 16.3. The first-order valence-corrected chi connectivity index (χ1v) is 6.80. The fourth-order valence-corrected chi connectivity index (χ4v) is 2.25. The SMILES string of the molecule is COCC[O][Al]([O]CCOC)[O]C(C)(C)C. The molecule has 0 bridgehead atoms. The molecule has 0 radical (unpaired) electrons. The minimum atomic E-state index is -2.08. The Bertz CT molecular complexity index is 150. The second kappa shape index (κ2) is 9.37. The Morgan fingerprint density at radius 3 is 1.56 bits per heavy atom. The van der Waals surface area contributed by atoms with Gasteiger partial charge in [0.1, 0.15) is 0 Å². The molecule has 96 valence electrons. The molecule has 0 heterocycles. The zero-order chi connectivity index (χ0) is 12.4. The molecule has 0 saturated carbocycles. The van der Waals surface area contributed by atoms with E-state index in [2.05, 4.69) is 0 Å². The van der Waals surface area contributed by atoms with Crippen molar-refractivity contribution in [1.29, 1.82) is 0 Å². The van der Waals surface area contributed by atoms with Crippen LogP contribution in [0, 0.1) is 0 Å². The minimum Gasteiger partial charge on any atom is -0.452 e. The zero-order valence-electron chi connectivity index (χ0n) is 10.9. The molecule has 0 atom stereocenters. The highest BCUT2D eigenvalue weighted by Crippen LogP contribution is 2.10. The molecular weight excluding hydrogens is 227 g/mol. The summed E-state index contributed by atoms with van der Waals surface area (Å²) in [6, 6.07) is 0. The van der Waals surface area contributed by atoms with Gasteiger partial charge in [-0.3, -0.25) is 0 Å². The molecule has 0 aromatic carbocycles. The highest BCUT2D eigenvalue weighted by molar-refractivity contribution is 6.36. The van der Waals surface area contributed by atoms with Crippen LogP contribution in [0.2, 0.25) is 0 Å². The lowest BCUT2D eigenvalue weighted by atomic mass is 10.2. The third-order valence-electron chi connectivity index (χ3n) is 1.53. The highest BCUT2D eigenvalue weighted by Gasteiger charge is 2.35. The van der Waals surface area contributed by atoms with Crippen LogP contribution in [-0.2, 0) is 20.8 Å². The smallest absolute Gasteiger partial charge is 0.452 e. The van der Waals surface area contributed by atoms with E-state index in [4.69, 9.17) is 20.8 Å². The van der Waals surface area contributed by atoms with Gasteiger partial charge in [0.2, 0.25) is 0 Å². The van der Waals surface area contributed by atoms with Gasteiger partial charge in [-0.15, -0.1) is 0 Å². The molecule has 6 heteroatoms. The second-order valence-corrected chi connectivity index (χ2v) is 5.73. The number of ether oxygens (including phenoxy) is 2. The number of hydrogen-bond acceptors (Lipinski definition) is 5. The molecule has 16 heavy (non-hydrogen) atoms. The van der Waals surface area contributed by atoms with Crippen LogP contribution in [0.1, 0.15) is 20.8 Å². The predicted molar refractivity (Wildman–Crippen MR) is 62.2 cm³/mol. The Balaban J connectivity index is 3.85. The Morgan fingerprint density at radius 1 is 0.812 bits per heavy atom. The summed E-state index contributed by atoms with van der Waals surface area (Å²) in [5, 5.41) is 0. The van der Waals surface area contributed by atoms with Crippen LogP contribution < -0.4 is 0 Å². The molecule has 0 amide bonds. The lowest BCUT2D eigenvalue weighted by molar-refractivity contribution is 0.00419. The van der Waals surface area contributed by atoms with Crippen molar-refractivity contribution in [3.8, 4) is 0 Å². The lowest BCUT2D eigenvalue weighted by Crippen LogP contribution is -2.37. The van der Waals surface area contributed by atoms with Crippen molar-refractivity contribution in [2.45, 2.75) is 26.4 Å². The first-order valence-electron chi connectivity index (χ1n) is 5.38. The van der Waals surface area contributed by atoms with E-state index in [-0.39, 0.29) is 5.60 Å². The summed E-state index contributed by atoms with van der Waals surface area (Å²) in [6.07, 6.45) is 0. The van der Waals surface area contributed by atoms with Gasteiger partial charge in [0, 0.05) is 33.0 Å². The van der Waals surface area contributed by atoms with Gasteiger partial charge in [0.15, 0.2) is 0 Å². The van der Waals surface area contributed by atoms with Crippen molar-refractivity contribution >= 4 is 15.1 Å². The van der Waals surface area contributed by atoms with E-state index in [0.717, 1.165) is 0 Å². The van der Waals surface area contributed by atoms with E-state index in [9.17, 15) is 0 Å². The average molecular weight is 250 g/mol. The predicted octanol–water partition coefficient (Wildman–Crippen LogP) is 1.11. The first-order chi connectivity index (χ1) is 7.49. The molecule has 0 aliphatic heterocycles. The van der Waals surface area contributed by atoms with Crippen molar-refractivity contribution in [1.82, 2.24) is 0 Å². The maximum atomic E-state index is 5.71. The average Bonchev–Trinajstić information content (AvgIpc) is 2.16. The normalized spacial score (nSPS) is 11.8. The highest BCUT2D eigenvalue weighted by atomic mass is 27.3. The number of rotatable bonds is 9. The van der Waals surface area contributed by atoms with Gasteiger partial charge in [-0.2, -0.15) is 0 Å². The third-order valence-corrected chi connectivity index (χ3v) is 3.45. The van der Waals surface area contributed by atoms with E-state index in [1.807, 2.05) is 20.8 Å².